The SMILES string of the molecule is CC.Cc1nc2nccc(-c3cc4c(CN(C)Cc5ccccc5)cccc4[nH]3)c2[nH]1. The number of nitrogens with zero attached hydrogens (tertiary/aromatic N) is 3. The Morgan fingerprint density at radius 3 is 2.52 bits per heavy atom. The van der Waals surface area contributed by atoms with Crippen LogP contribution in [0.2, 0.25) is 0 Å². The molecule has 0 atom stereocenters. The molecule has 0 fully saturated rings. The second-order valence-electron chi connectivity index (χ2n) is 7.60. The summed E-state index contributed by atoms with van der Waals surface area (Å²) in [5.41, 5.74) is 7.68. The lowest BCUT2D eigenvalue weighted by Gasteiger charge is -2.17. The van der Waals surface area contributed by atoms with Crippen molar-refractivity contribution in [1.82, 2.24) is 24.8 Å². The van der Waals surface area contributed by atoms with Crippen LogP contribution in [0.25, 0.3) is 33.3 Å². The second-order valence-corrected chi connectivity index (χ2v) is 7.60. The van der Waals surface area contributed by atoms with Gasteiger partial charge < -0.3 is 9.97 Å². The number of fused-ring (bicyclic) bond motifs is 2. The van der Waals surface area contributed by atoms with Gasteiger partial charge in [-0.2, -0.15) is 0 Å². The summed E-state index contributed by atoms with van der Waals surface area (Å²) in [6, 6.07) is 21.3. The highest BCUT2D eigenvalue weighted by molar-refractivity contribution is 5.94. The first kappa shape index (κ1) is 20.8. The van der Waals surface area contributed by atoms with Crippen molar-refractivity contribution in [2.75, 3.05) is 7.05 Å². The smallest absolute Gasteiger partial charge is 0.178 e. The average molecular weight is 412 g/mol. The molecule has 2 N–H and O–H groups in total. The van der Waals surface area contributed by atoms with Gasteiger partial charge in [-0.1, -0.05) is 56.3 Å². The third kappa shape index (κ3) is 4.37. The number of hydrogen-bond donors (Lipinski definition) is 2. The Morgan fingerprint density at radius 1 is 0.903 bits per heavy atom. The summed E-state index contributed by atoms with van der Waals surface area (Å²) in [6.45, 7) is 7.77. The topological polar surface area (TPSA) is 60.6 Å². The molecule has 3 heterocycles. The van der Waals surface area contributed by atoms with E-state index in [2.05, 4.69) is 86.5 Å². The minimum atomic E-state index is 0.751. The van der Waals surface area contributed by atoms with Gasteiger partial charge in [-0.05, 0) is 43.3 Å². The maximum atomic E-state index is 4.46. The number of nitrogens with one attached hydrogen (secondary N) is 2. The fourth-order valence-corrected chi connectivity index (χ4v) is 3.99. The van der Waals surface area contributed by atoms with E-state index in [1.165, 1.54) is 16.5 Å². The largest absolute Gasteiger partial charge is 0.354 e. The van der Waals surface area contributed by atoms with E-state index in [4.69, 9.17) is 0 Å². The standard InChI is InChI=1S/C24H23N5.C2H6/c1-16-26-23-19(11-12-25-24(23)27-16)22-13-20-18(9-6-10-21(20)28-22)15-29(2)14-17-7-4-3-5-8-17;1-2/h3-13,28H,14-15H2,1-2H3,(H,25,26,27);1-2H3. The average Bonchev–Trinajstić information content (AvgIpc) is 3.39. The van der Waals surface area contributed by atoms with Crippen molar-refractivity contribution in [3.63, 3.8) is 0 Å². The van der Waals surface area contributed by atoms with Crippen LogP contribution < -0.4 is 0 Å². The van der Waals surface area contributed by atoms with Crippen molar-refractivity contribution in [3.8, 4) is 11.3 Å². The normalized spacial score (nSPS) is 11.1. The minimum absolute atomic E-state index is 0.751. The number of hydrogen-bond acceptors (Lipinski definition) is 3. The number of aromatic nitrogens is 4. The summed E-state index contributed by atoms with van der Waals surface area (Å²) in [5.74, 6) is 0.874. The van der Waals surface area contributed by atoms with Crippen molar-refractivity contribution < 1.29 is 0 Å². The summed E-state index contributed by atoms with van der Waals surface area (Å²) in [6.07, 6.45) is 1.82. The molecule has 31 heavy (non-hydrogen) atoms. The highest BCUT2D eigenvalue weighted by atomic mass is 15.1. The number of aromatic amines is 2. The molecule has 0 aliphatic carbocycles. The van der Waals surface area contributed by atoms with Crippen molar-refractivity contribution in [2.45, 2.75) is 33.9 Å². The maximum Gasteiger partial charge on any atom is 0.178 e. The van der Waals surface area contributed by atoms with E-state index in [0.717, 1.165) is 46.9 Å². The number of H-pyrrole nitrogens is 2. The fourth-order valence-electron chi connectivity index (χ4n) is 3.99. The van der Waals surface area contributed by atoms with E-state index in [1.54, 1.807) is 0 Å². The van der Waals surface area contributed by atoms with Gasteiger partial charge in [-0.15, -0.1) is 0 Å². The third-order valence-electron chi connectivity index (χ3n) is 5.29. The first-order valence-electron chi connectivity index (χ1n) is 10.8. The van der Waals surface area contributed by atoms with Gasteiger partial charge in [0.1, 0.15) is 5.82 Å². The molecule has 5 aromatic rings. The van der Waals surface area contributed by atoms with Crippen molar-refractivity contribution >= 4 is 22.1 Å². The Balaban J connectivity index is 0.00000112. The second kappa shape index (κ2) is 9.14. The fraction of sp³-hybridized carbons (Fsp3) is 0.231. The van der Waals surface area contributed by atoms with Crippen molar-refractivity contribution in [2.24, 2.45) is 0 Å². The molecule has 0 spiro atoms. The molecular weight excluding hydrogens is 382 g/mol. The summed E-state index contributed by atoms with van der Waals surface area (Å²) in [4.78, 5) is 18.1. The Kier molecular flexibility index (Phi) is 6.14. The van der Waals surface area contributed by atoms with Crippen LogP contribution in [0.5, 0.6) is 0 Å². The molecule has 5 heteroatoms. The van der Waals surface area contributed by atoms with Crippen LogP contribution >= 0.6 is 0 Å². The van der Waals surface area contributed by atoms with Crippen LogP contribution in [0.4, 0.5) is 0 Å². The van der Waals surface area contributed by atoms with E-state index in [9.17, 15) is 0 Å². The van der Waals surface area contributed by atoms with Crippen LogP contribution in [0.3, 0.4) is 0 Å². The number of pyridine rings is 1. The van der Waals surface area contributed by atoms with Crippen LogP contribution in [-0.4, -0.2) is 31.9 Å². The predicted molar refractivity (Wildman–Crippen MR) is 129 cm³/mol. The molecule has 0 radical (unpaired) electrons. The van der Waals surface area contributed by atoms with Gasteiger partial charge >= 0.3 is 0 Å². The zero-order valence-corrected chi connectivity index (χ0v) is 18.6. The Morgan fingerprint density at radius 2 is 1.71 bits per heavy atom. The lowest BCUT2D eigenvalue weighted by molar-refractivity contribution is 0.320. The van der Waals surface area contributed by atoms with E-state index >= 15 is 0 Å². The first-order chi connectivity index (χ1) is 15.2. The molecule has 0 aliphatic heterocycles. The van der Waals surface area contributed by atoms with Gasteiger partial charge in [0.05, 0.1) is 5.52 Å². The molecule has 0 bridgehead atoms. The highest BCUT2D eigenvalue weighted by Gasteiger charge is 2.13. The van der Waals surface area contributed by atoms with Crippen molar-refractivity contribution in [3.05, 3.63) is 83.8 Å². The van der Waals surface area contributed by atoms with Gasteiger partial charge in [0.2, 0.25) is 0 Å². The molecule has 158 valence electrons. The summed E-state index contributed by atoms with van der Waals surface area (Å²) in [5, 5.41) is 1.25. The highest BCUT2D eigenvalue weighted by Crippen LogP contribution is 2.30. The lowest BCUT2D eigenvalue weighted by Crippen LogP contribution is -2.17. The molecule has 0 unspecified atom stereocenters. The number of benzene rings is 2. The summed E-state index contributed by atoms with van der Waals surface area (Å²) < 4.78 is 0. The molecule has 5 rings (SSSR count). The molecule has 0 aliphatic rings. The molecule has 0 saturated heterocycles. The number of aryl methyl sites for hydroxylation is 1. The zero-order chi connectivity index (χ0) is 21.8. The van der Waals surface area contributed by atoms with Gasteiger partial charge in [0.15, 0.2) is 5.65 Å². The Hall–Kier alpha value is -3.44. The molecule has 0 amide bonds. The van der Waals surface area contributed by atoms with E-state index < -0.39 is 0 Å². The molecule has 2 aromatic carbocycles. The summed E-state index contributed by atoms with van der Waals surface area (Å²) >= 11 is 0. The van der Waals surface area contributed by atoms with Crippen LogP contribution in [0.15, 0.2) is 66.9 Å². The lowest BCUT2D eigenvalue weighted by atomic mass is 10.1. The van der Waals surface area contributed by atoms with E-state index in [0.29, 0.717) is 0 Å². The van der Waals surface area contributed by atoms with Crippen molar-refractivity contribution in [1.29, 1.82) is 0 Å². The zero-order valence-electron chi connectivity index (χ0n) is 18.6. The van der Waals surface area contributed by atoms with Gasteiger partial charge in [0, 0.05) is 41.4 Å². The molecule has 0 saturated carbocycles. The molecular formula is C26H29N5. The summed E-state index contributed by atoms with van der Waals surface area (Å²) in [7, 11) is 2.17. The maximum absolute atomic E-state index is 4.46. The van der Waals surface area contributed by atoms with Gasteiger partial charge in [-0.3, -0.25) is 4.90 Å². The van der Waals surface area contributed by atoms with Crippen LogP contribution in [0.1, 0.15) is 30.8 Å². The van der Waals surface area contributed by atoms with E-state index in [-0.39, 0.29) is 0 Å². The molecule has 5 nitrogen and oxygen atoms in total. The minimum Gasteiger partial charge on any atom is -0.354 e. The third-order valence-corrected chi connectivity index (χ3v) is 5.29. The van der Waals surface area contributed by atoms with Crippen LogP contribution in [0, 0.1) is 6.92 Å². The monoisotopic (exact) mass is 411 g/mol. The van der Waals surface area contributed by atoms with Gasteiger partial charge in [-0.25, -0.2) is 9.97 Å². The Labute approximate surface area is 183 Å². The predicted octanol–water partition coefficient (Wildman–Crippen LogP) is 6.07. The van der Waals surface area contributed by atoms with Crippen LogP contribution in [-0.2, 0) is 13.1 Å². The Bertz CT molecular complexity index is 1280. The number of imidazole rings is 1. The molecule has 3 aromatic heterocycles. The number of rotatable bonds is 5. The van der Waals surface area contributed by atoms with Gasteiger partial charge in [0.25, 0.3) is 0 Å². The van der Waals surface area contributed by atoms with E-state index in [1.807, 2.05) is 33.0 Å². The first-order valence-corrected chi connectivity index (χ1v) is 10.8. The quantitative estimate of drug-likeness (QED) is 0.369.